The Labute approximate surface area is 213 Å². The van der Waals surface area contributed by atoms with Gasteiger partial charge in [-0.15, -0.1) is 0 Å². The lowest BCUT2D eigenvalue weighted by Crippen LogP contribution is -2.41. The van der Waals surface area contributed by atoms with Gasteiger partial charge in [-0.25, -0.2) is 0 Å². The Balaban J connectivity index is 1.96. The molecule has 0 radical (unpaired) electrons. The summed E-state index contributed by atoms with van der Waals surface area (Å²) in [7, 11) is 3.00. The normalized spacial score (nSPS) is 15.3. The fourth-order valence-electron chi connectivity index (χ4n) is 4.57. The lowest BCUT2D eigenvalue weighted by atomic mass is 9.86. The van der Waals surface area contributed by atoms with Crippen LogP contribution in [0.4, 0.5) is 18.9 Å². The van der Waals surface area contributed by atoms with E-state index in [4.69, 9.17) is 18.9 Å². The molecule has 0 unspecified atom stereocenters. The first-order valence-corrected chi connectivity index (χ1v) is 11.8. The molecule has 0 saturated heterocycles. The van der Waals surface area contributed by atoms with Crippen molar-refractivity contribution >= 4 is 11.6 Å². The topological polar surface area (TPSA) is 57.2 Å². The minimum Gasteiger partial charge on any atom is -0.493 e. The SMILES string of the molecule is CCOc1cc2c(cc1OCC)[C@H](c1ccc(OC)c(OC)c1)N(c1cccc(C(F)(F)F)c1)C(=O)C2. The molecule has 9 heteroatoms. The second kappa shape index (κ2) is 10.6. The Morgan fingerprint density at radius 2 is 1.54 bits per heavy atom. The summed E-state index contributed by atoms with van der Waals surface area (Å²) in [5.41, 5.74) is 1.36. The number of nitrogens with zero attached hydrogens (tertiary/aromatic N) is 1. The summed E-state index contributed by atoms with van der Waals surface area (Å²) in [6.07, 6.45) is -4.57. The Morgan fingerprint density at radius 3 is 2.16 bits per heavy atom. The fraction of sp³-hybridized carbons (Fsp3) is 0.321. The molecule has 0 fully saturated rings. The first kappa shape index (κ1) is 26.2. The number of anilines is 1. The van der Waals surface area contributed by atoms with Crippen LogP contribution in [-0.4, -0.2) is 33.3 Å². The number of carbonyl (C=O) groups is 1. The maximum absolute atomic E-state index is 13.6. The lowest BCUT2D eigenvalue weighted by molar-refractivity contribution is -0.137. The van der Waals surface area contributed by atoms with Crippen LogP contribution in [-0.2, 0) is 17.4 Å². The van der Waals surface area contributed by atoms with Crippen molar-refractivity contribution in [1.29, 1.82) is 0 Å². The van der Waals surface area contributed by atoms with Crippen LogP contribution in [0.25, 0.3) is 0 Å². The Morgan fingerprint density at radius 1 is 0.865 bits per heavy atom. The molecular weight excluding hydrogens is 487 g/mol. The minimum atomic E-state index is -4.56. The second-order valence-electron chi connectivity index (χ2n) is 8.37. The third-order valence-electron chi connectivity index (χ3n) is 6.14. The number of rotatable bonds is 8. The summed E-state index contributed by atoms with van der Waals surface area (Å²) in [5, 5.41) is 0. The third kappa shape index (κ3) is 5.16. The largest absolute Gasteiger partial charge is 0.493 e. The lowest BCUT2D eigenvalue weighted by Gasteiger charge is -2.38. The number of carbonyl (C=O) groups excluding carboxylic acids is 1. The molecule has 0 spiro atoms. The first-order chi connectivity index (χ1) is 17.7. The number of hydrogen-bond donors (Lipinski definition) is 0. The van der Waals surface area contributed by atoms with E-state index in [1.165, 1.54) is 31.3 Å². The van der Waals surface area contributed by atoms with Crippen molar-refractivity contribution in [3.8, 4) is 23.0 Å². The predicted octanol–water partition coefficient (Wildman–Crippen LogP) is 6.20. The molecule has 196 valence electrons. The van der Waals surface area contributed by atoms with E-state index in [-0.39, 0.29) is 18.0 Å². The number of benzene rings is 3. The van der Waals surface area contributed by atoms with Gasteiger partial charge in [0, 0.05) is 5.69 Å². The van der Waals surface area contributed by atoms with Gasteiger partial charge in [-0.1, -0.05) is 12.1 Å². The quantitative estimate of drug-likeness (QED) is 0.358. The highest BCUT2D eigenvalue weighted by molar-refractivity contribution is 5.98. The van der Waals surface area contributed by atoms with Crippen LogP contribution in [0.1, 0.15) is 42.1 Å². The molecule has 3 aromatic carbocycles. The summed E-state index contributed by atoms with van der Waals surface area (Å²) < 4.78 is 63.1. The van der Waals surface area contributed by atoms with Crippen molar-refractivity contribution < 1.29 is 36.9 Å². The van der Waals surface area contributed by atoms with Crippen molar-refractivity contribution in [3.63, 3.8) is 0 Å². The van der Waals surface area contributed by atoms with Gasteiger partial charge in [0.15, 0.2) is 23.0 Å². The molecule has 1 aliphatic rings. The number of methoxy groups -OCH3 is 2. The van der Waals surface area contributed by atoms with Crippen LogP contribution < -0.4 is 23.8 Å². The molecule has 0 aromatic heterocycles. The summed E-state index contributed by atoms with van der Waals surface area (Å²) in [4.78, 5) is 15.0. The molecule has 1 amide bonds. The molecule has 4 rings (SSSR count). The maximum atomic E-state index is 13.6. The first-order valence-electron chi connectivity index (χ1n) is 11.8. The average Bonchev–Trinajstić information content (AvgIpc) is 2.88. The Bertz CT molecular complexity index is 1290. The molecule has 6 nitrogen and oxygen atoms in total. The van der Waals surface area contributed by atoms with Crippen molar-refractivity contribution in [1.82, 2.24) is 0 Å². The number of alkyl halides is 3. The van der Waals surface area contributed by atoms with Gasteiger partial charge in [-0.3, -0.25) is 4.79 Å². The van der Waals surface area contributed by atoms with Crippen molar-refractivity contribution in [3.05, 3.63) is 76.9 Å². The summed E-state index contributed by atoms with van der Waals surface area (Å²) in [5.74, 6) is 1.57. The van der Waals surface area contributed by atoms with Crippen LogP contribution in [0.15, 0.2) is 54.6 Å². The van der Waals surface area contributed by atoms with Crippen LogP contribution in [0.3, 0.4) is 0 Å². The second-order valence-corrected chi connectivity index (χ2v) is 8.37. The van der Waals surface area contributed by atoms with Crippen LogP contribution in [0.5, 0.6) is 23.0 Å². The Kier molecular flexibility index (Phi) is 7.52. The van der Waals surface area contributed by atoms with E-state index >= 15 is 0 Å². The number of halogens is 3. The fourth-order valence-corrected chi connectivity index (χ4v) is 4.57. The van der Waals surface area contributed by atoms with E-state index in [1.807, 2.05) is 13.8 Å². The van der Waals surface area contributed by atoms with Gasteiger partial charge in [0.1, 0.15) is 0 Å². The van der Waals surface area contributed by atoms with Crippen molar-refractivity contribution in [2.75, 3.05) is 32.3 Å². The predicted molar refractivity (Wildman–Crippen MR) is 133 cm³/mol. The van der Waals surface area contributed by atoms with Crippen LogP contribution >= 0.6 is 0 Å². The average molecular weight is 516 g/mol. The standard InChI is InChI=1S/C28H28F3NO5/c1-5-36-24-13-18-14-26(33)32(20-9-7-8-19(15-20)28(29,30)31)27(21(18)16-25(24)37-6-2)17-10-11-22(34-3)23(12-17)35-4/h7-13,15-16,27H,5-6,14H2,1-4H3/t27-/m0/s1. The van der Waals surface area contributed by atoms with Crippen LogP contribution in [0, 0.1) is 0 Å². The molecule has 1 aliphatic heterocycles. The van der Waals surface area contributed by atoms with Crippen molar-refractivity contribution in [2.45, 2.75) is 32.5 Å². The third-order valence-corrected chi connectivity index (χ3v) is 6.14. The van der Waals surface area contributed by atoms with Crippen LogP contribution in [0.2, 0.25) is 0 Å². The van der Waals surface area contributed by atoms with Gasteiger partial charge in [0.25, 0.3) is 0 Å². The van der Waals surface area contributed by atoms with E-state index in [0.717, 1.165) is 17.7 Å². The van der Waals surface area contributed by atoms with E-state index in [9.17, 15) is 18.0 Å². The smallest absolute Gasteiger partial charge is 0.416 e. The zero-order chi connectivity index (χ0) is 26.7. The molecule has 0 saturated carbocycles. The molecule has 0 N–H and O–H groups in total. The van der Waals surface area contributed by atoms with Gasteiger partial charge in [-0.05, 0) is 73.0 Å². The maximum Gasteiger partial charge on any atom is 0.416 e. The minimum absolute atomic E-state index is 0.0121. The van der Waals surface area contributed by atoms with E-state index in [1.54, 1.807) is 30.3 Å². The highest BCUT2D eigenvalue weighted by Crippen LogP contribution is 2.45. The zero-order valence-electron chi connectivity index (χ0n) is 21.0. The molecule has 3 aromatic rings. The summed E-state index contributed by atoms with van der Waals surface area (Å²) in [6.45, 7) is 4.49. The molecule has 1 heterocycles. The molecule has 37 heavy (non-hydrogen) atoms. The summed E-state index contributed by atoms with van der Waals surface area (Å²) in [6, 6.07) is 12.8. The van der Waals surface area contributed by atoms with E-state index in [2.05, 4.69) is 0 Å². The van der Waals surface area contributed by atoms with Gasteiger partial charge >= 0.3 is 6.18 Å². The molecule has 0 aliphatic carbocycles. The number of ether oxygens (including phenoxy) is 4. The van der Waals surface area contributed by atoms with Gasteiger partial charge < -0.3 is 23.8 Å². The van der Waals surface area contributed by atoms with Crippen molar-refractivity contribution in [2.24, 2.45) is 0 Å². The Hall–Kier alpha value is -3.88. The molecule has 1 atom stereocenters. The summed E-state index contributed by atoms with van der Waals surface area (Å²) >= 11 is 0. The highest BCUT2D eigenvalue weighted by Gasteiger charge is 2.38. The number of amides is 1. The highest BCUT2D eigenvalue weighted by atomic mass is 19.4. The number of hydrogen-bond acceptors (Lipinski definition) is 5. The van der Waals surface area contributed by atoms with Gasteiger partial charge in [0.2, 0.25) is 5.91 Å². The zero-order valence-corrected chi connectivity index (χ0v) is 21.0. The van der Waals surface area contributed by atoms with E-state index < -0.39 is 17.8 Å². The monoisotopic (exact) mass is 515 g/mol. The number of fused-ring (bicyclic) bond motifs is 1. The van der Waals surface area contributed by atoms with E-state index in [0.29, 0.717) is 47.3 Å². The van der Waals surface area contributed by atoms with Gasteiger partial charge in [0.05, 0.1) is 45.5 Å². The van der Waals surface area contributed by atoms with Gasteiger partial charge in [-0.2, -0.15) is 13.2 Å². The molecular formula is C28H28F3NO5. The molecule has 0 bridgehead atoms.